The van der Waals surface area contributed by atoms with Crippen molar-refractivity contribution in [2.45, 2.75) is 57.8 Å². The standard InChI is InChI=1S/C15H22BNO2.ClH/c1-14(2)15(3,4)19-16(18-14)12-6-5-10-8-13(17)9-11(10)7-12;/h5-7,13H,8-9,17H2,1-4H3;1H. The summed E-state index contributed by atoms with van der Waals surface area (Å²) in [5, 5.41) is 0. The first-order valence-corrected chi connectivity index (χ1v) is 7.01. The number of nitrogens with two attached hydrogens (primary N) is 1. The third-order valence-corrected chi connectivity index (χ3v) is 4.72. The highest BCUT2D eigenvalue weighted by molar-refractivity contribution is 6.62. The molecular weight excluding hydrogens is 272 g/mol. The Morgan fingerprint density at radius 1 is 1.05 bits per heavy atom. The zero-order valence-electron chi connectivity index (χ0n) is 12.6. The molecule has 0 aromatic heterocycles. The van der Waals surface area contributed by atoms with E-state index in [1.807, 2.05) is 0 Å². The number of benzene rings is 1. The highest BCUT2D eigenvalue weighted by atomic mass is 35.5. The van der Waals surface area contributed by atoms with E-state index in [1.165, 1.54) is 11.1 Å². The summed E-state index contributed by atoms with van der Waals surface area (Å²) >= 11 is 0. The van der Waals surface area contributed by atoms with Gasteiger partial charge in [0.2, 0.25) is 0 Å². The van der Waals surface area contributed by atoms with Crippen molar-refractivity contribution in [1.82, 2.24) is 0 Å². The molecule has 1 heterocycles. The summed E-state index contributed by atoms with van der Waals surface area (Å²) < 4.78 is 12.2. The molecule has 1 saturated heterocycles. The summed E-state index contributed by atoms with van der Waals surface area (Å²) in [7, 11) is -0.271. The van der Waals surface area contributed by atoms with Crippen LogP contribution < -0.4 is 11.2 Å². The van der Waals surface area contributed by atoms with Gasteiger partial charge in [-0.3, -0.25) is 0 Å². The summed E-state index contributed by atoms with van der Waals surface area (Å²) in [6, 6.07) is 6.75. The average Bonchev–Trinajstić information content (AvgIpc) is 2.74. The predicted octanol–water partition coefficient (Wildman–Crippen LogP) is 1.83. The third-order valence-electron chi connectivity index (χ3n) is 4.72. The van der Waals surface area contributed by atoms with Gasteiger partial charge in [-0.2, -0.15) is 0 Å². The van der Waals surface area contributed by atoms with Gasteiger partial charge in [0.05, 0.1) is 11.2 Å². The quantitative estimate of drug-likeness (QED) is 0.804. The van der Waals surface area contributed by atoms with Gasteiger partial charge in [-0.15, -0.1) is 12.4 Å². The lowest BCUT2D eigenvalue weighted by Gasteiger charge is -2.32. The normalized spacial score (nSPS) is 26.2. The molecule has 5 heteroatoms. The fraction of sp³-hybridized carbons (Fsp3) is 0.600. The highest BCUT2D eigenvalue weighted by Gasteiger charge is 2.51. The summed E-state index contributed by atoms with van der Waals surface area (Å²) in [6.07, 6.45) is 1.95. The Morgan fingerprint density at radius 2 is 1.60 bits per heavy atom. The van der Waals surface area contributed by atoms with Gasteiger partial charge in [-0.25, -0.2) is 0 Å². The SMILES string of the molecule is CC1(C)OB(c2ccc3c(c2)CC(N)C3)OC1(C)C.Cl. The van der Waals surface area contributed by atoms with Gasteiger partial charge < -0.3 is 15.0 Å². The molecule has 3 nitrogen and oxygen atoms in total. The first kappa shape index (κ1) is 15.8. The zero-order valence-corrected chi connectivity index (χ0v) is 13.4. The van der Waals surface area contributed by atoms with Crippen molar-refractivity contribution in [3.63, 3.8) is 0 Å². The van der Waals surface area contributed by atoms with Gasteiger partial charge >= 0.3 is 7.12 Å². The second kappa shape index (κ2) is 5.02. The molecule has 0 saturated carbocycles. The largest absolute Gasteiger partial charge is 0.494 e. The lowest BCUT2D eigenvalue weighted by atomic mass is 9.78. The molecule has 0 bridgehead atoms. The molecule has 0 radical (unpaired) electrons. The number of rotatable bonds is 1. The molecule has 2 aliphatic rings. The molecule has 0 amide bonds. The molecule has 1 fully saturated rings. The van der Waals surface area contributed by atoms with Gasteiger partial charge in [-0.1, -0.05) is 18.2 Å². The van der Waals surface area contributed by atoms with Gasteiger partial charge in [-0.05, 0) is 57.1 Å². The van der Waals surface area contributed by atoms with E-state index in [1.54, 1.807) is 0 Å². The third kappa shape index (κ3) is 2.50. The van der Waals surface area contributed by atoms with Gasteiger partial charge in [0, 0.05) is 6.04 Å². The maximum Gasteiger partial charge on any atom is 0.494 e. The Hall–Kier alpha value is -0.545. The second-order valence-corrected chi connectivity index (χ2v) is 6.78. The van der Waals surface area contributed by atoms with E-state index in [2.05, 4.69) is 45.9 Å². The van der Waals surface area contributed by atoms with E-state index < -0.39 is 0 Å². The van der Waals surface area contributed by atoms with E-state index in [0.29, 0.717) is 0 Å². The number of hydrogen-bond donors (Lipinski definition) is 1. The molecule has 110 valence electrons. The molecule has 1 aliphatic carbocycles. The molecule has 1 atom stereocenters. The predicted molar refractivity (Wildman–Crippen MR) is 84.8 cm³/mol. The number of hydrogen-bond acceptors (Lipinski definition) is 3. The molecule has 0 spiro atoms. The molecule has 1 aromatic rings. The average molecular weight is 296 g/mol. The van der Waals surface area contributed by atoms with Crippen LogP contribution in [0, 0.1) is 0 Å². The first-order chi connectivity index (χ1) is 8.78. The minimum Gasteiger partial charge on any atom is -0.399 e. The summed E-state index contributed by atoms with van der Waals surface area (Å²) in [5.74, 6) is 0. The first-order valence-electron chi connectivity index (χ1n) is 7.01. The van der Waals surface area contributed by atoms with E-state index in [0.717, 1.165) is 18.3 Å². The second-order valence-electron chi connectivity index (χ2n) is 6.78. The molecule has 1 unspecified atom stereocenters. The Labute approximate surface area is 127 Å². The van der Waals surface area contributed by atoms with Crippen LogP contribution in [0.3, 0.4) is 0 Å². The van der Waals surface area contributed by atoms with Crippen molar-refractivity contribution >= 4 is 25.0 Å². The minimum absolute atomic E-state index is 0. The smallest absolute Gasteiger partial charge is 0.399 e. The molecule has 2 N–H and O–H groups in total. The Kier molecular flexibility index (Phi) is 3.98. The zero-order chi connectivity index (χ0) is 13.8. The fourth-order valence-electron chi connectivity index (χ4n) is 2.80. The van der Waals surface area contributed by atoms with Crippen LogP contribution in [0.2, 0.25) is 0 Å². The number of fused-ring (bicyclic) bond motifs is 1. The Bertz CT molecular complexity index is 503. The van der Waals surface area contributed by atoms with E-state index in [-0.39, 0.29) is 36.8 Å². The Morgan fingerprint density at radius 3 is 2.20 bits per heavy atom. The minimum atomic E-state index is -0.285. The Balaban J connectivity index is 0.00000147. The highest BCUT2D eigenvalue weighted by Crippen LogP contribution is 2.36. The van der Waals surface area contributed by atoms with E-state index >= 15 is 0 Å². The van der Waals surface area contributed by atoms with Crippen molar-refractivity contribution in [2.24, 2.45) is 5.73 Å². The lowest BCUT2D eigenvalue weighted by Crippen LogP contribution is -2.41. The van der Waals surface area contributed by atoms with Crippen LogP contribution in [0.25, 0.3) is 0 Å². The van der Waals surface area contributed by atoms with E-state index in [9.17, 15) is 0 Å². The topological polar surface area (TPSA) is 44.5 Å². The van der Waals surface area contributed by atoms with E-state index in [4.69, 9.17) is 15.0 Å². The van der Waals surface area contributed by atoms with Crippen LogP contribution in [-0.2, 0) is 22.2 Å². The van der Waals surface area contributed by atoms with Crippen molar-refractivity contribution in [1.29, 1.82) is 0 Å². The van der Waals surface area contributed by atoms with Crippen LogP contribution in [-0.4, -0.2) is 24.4 Å². The molecule has 1 aliphatic heterocycles. The fourth-order valence-corrected chi connectivity index (χ4v) is 2.80. The summed E-state index contributed by atoms with van der Waals surface area (Å²) in [5.41, 5.74) is 9.26. The van der Waals surface area contributed by atoms with Gasteiger partial charge in [0.25, 0.3) is 0 Å². The lowest BCUT2D eigenvalue weighted by molar-refractivity contribution is 0.00578. The maximum absolute atomic E-state index is 6.08. The number of halogens is 1. The summed E-state index contributed by atoms with van der Waals surface area (Å²) in [6.45, 7) is 8.32. The summed E-state index contributed by atoms with van der Waals surface area (Å²) in [4.78, 5) is 0. The van der Waals surface area contributed by atoms with Crippen LogP contribution in [0.4, 0.5) is 0 Å². The van der Waals surface area contributed by atoms with Crippen LogP contribution >= 0.6 is 12.4 Å². The monoisotopic (exact) mass is 295 g/mol. The molecular formula is C15H23BClNO2. The van der Waals surface area contributed by atoms with Crippen molar-refractivity contribution in [3.05, 3.63) is 29.3 Å². The van der Waals surface area contributed by atoms with Crippen molar-refractivity contribution < 1.29 is 9.31 Å². The van der Waals surface area contributed by atoms with Crippen molar-refractivity contribution in [2.75, 3.05) is 0 Å². The van der Waals surface area contributed by atoms with Crippen LogP contribution in [0.15, 0.2) is 18.2 Å². The molecule has 3 rings (SSSR count). The van der Waals surface area contributed by atoms with Crippen LogP contribution in [0.1, 0.15) is 38.8 Å². The molecule has 1 aromatic carbocycles. The van der Waals surface area contributed by atoms with Crippen molar-refractivity contribution in [3.8, 4) is 0 Å². The maximum atomic E-state index is 6.08. The van der Waals surface area contributed by atoms with Gasteiger partial charge in [0.1, 0.15) is 0 Å². The van der Waals surface area contributed by atoms with Crippen LogP contribution in [0.5, 0.6) is 0 Å². The molecule has 20 heavy (non-hydrogen) atoms. The van der Waals surface area contributed by atoms with Gasteiger partial charge in [0.15, 0.2) is 0 Å².